The largest absolute Gasteiger partial charge is 0.369 e. The monoisotopic (exact) mass is 302 g/mol. The van der Waals surface area contributed by atoms with Crippen LogP contribution in [0, 0.1) is 0 Å². The van der Waals surface area contributed by atoms with Gasteiger partial charge in [-0.05, 0) is 25.0 Å². The molecule has 5 heteroatoms. The smallest absolute Gasteiger partial charge is 0.253 e. The van der Waals surface area contributed by atoms with Crippen molar-refractivity contribution in [2.75, 3.05) is 32.8 Å². The van der Waals surface area contributed by atoms with Crippen LogP contribution in [0.4, 0.5) is 0 Å². The molecule has 2 aliphatic heterocycles. The Bertz CT molecular complexity index is 556. The van der Waals surface area contributed by atoms with E-state index in [0.717, 1.165) is 19.4 Å². The molecule has 0 radical (unpaired) electrons. The maximum Gasteiger partial charge on any atom is 0.253 e. The lowest BCUT2D eigenvalue weighted by Gasteiger charge is -2.47. The molecule has 2 aliphatic rings. The summed E-state index contributed by atoms with van der Waals surface area (Å²) in [5, 5.41) is 0. The molecule has 0 unspecified atom stereocenters. The number of ether oxygens (including phenoxy) is 1. The van der Waals surface area contributed by atoms with Crippen LogP contribution >= 0.6 is 0 Å². The van der Waals surface area contributed by atoms with Crippen LogP contribution in [0.1, 0.15) is 30.1 Å². The van der Waals surface area contributed by atoms with E-state index in [-0.39, 0.29) is 11.8 Å². The average Bonchev–Trinajstić information content (AvgIpc) is 2.55. The van der Waals surface area contributed by atoms with E-state index in [1.807, 2.05) is 40.1 Å². The number of piperidine rings is 1. The minimum atomic E-state index is -0.396. The Balaban J connectivity index is 1.74. The van der Waals surface area contributed by atoms with E-state index < -0.39 is 5.60 Å². The second-order valence-electron chi connectivity index (χ2n) is 6.17. The molecule has 0 aliphatic carbocycles. The van der Waals surface area contributed by atoms with E-state index >= 15 is 0 Å². The van der Waals surface area contributed by atoms with Crippen molar-refractivity contribution in [1.29, 1.82) is 0 Å². The Hall–Kier alpha value is -1.88. The molecule has 3 rings (SSSR count). The Labute approximate surface area is 130 Å². The fourth-order valence-electron chi connectivity index (χ4n) is 3.40. The highest BCUT2D eigenvalue weighted by molar-refractivity contribution is 5.94. The van der Waals surface area contributed by atoms with E-state index in [1.54, 1.807) is 6.92 Å². The van der Waals surface area contributed by atoms with Crippen LogP contribution < -0.4 is 0 Å². The zero-order valence-electron chi connectivity index (χ0n) is 13.0. The first kappa shape index (κ1) is 15.0. The third kappa shape index (κ3) is 2.99. The minimum Gasteiger partial charge on any atom is -0.369 e. The molecule has 118 valence electrons. The molecule has 2 fully saturated rings. The summed E-state index contributed by atoms with van der Waals surface area (Å²) in [4.78, 5) is 28.0. The van der Waals surface area contributed by atoms with Crippen molar-refractivity contribution in [3.05, 3.63) is 35.9 Å². The maximum atomic E-state index is 12.6. The standard InChI is InChI=1S/C17H22N2O3/c1-14(20)18-10-11-22-17(12-18)8-5-9-19(13-17)16(21)15-6-3-2-4-7-15/h2-4,6-7H,5,8-13H2,1H3/t17-/m0/s1. The minimum absolute atomic E-state index is 0.0447. The fraction of sp³-hybridized carbons (Fsp3) is 0.529. The van der Waals surface area contributed by atoms with Gasteiger partial charge in [0.25, 0.3) is 5.91 Å². The quantitative estimate of drug-likeness (QED) is 0.790. The molecule has 1 spiro atoms. The van der Waals surface area contributed by atoms with Crippen LogP contribution in [0.15, 0.2) is 30.3 Å². The predicted molar refractivity (Wildman–Crippen MR) is 82.5 cm³/mol. The second kappa shape index (κ2) is 6.08. The number of benzene rings is 1. The van der Waals surface area contributed by atoms with Crippen molar-refractivity contribution in [2.24, 2.45) is 0 Å². The summed E-state index contributed by atoms with van der Waals surface area (Å²) in [5.41, 5.74) is 0.311. The van der Waals surface area contributed by atoms with Crippen molar-refractivity contribution in [1.82, 2.24) is 9.80 Å². The van der Waals surface area contributed by atoms with Crippen molar-refractivity contribution in [2.45, 2.75) is 25.4 Å². The van der Waals surface area contributed by atoms with Crippen molar-refractivity contribution < 1.29 is 14.3 Å². The average molecular weight is 302 g/mol. The molecule has 5 nitrogen and oxygen atoms in total. The second-order valence-corrected chi connectivity index (χ2v) is 6.17. The zero-order chi connectivity index (χ0) is 15.6. The van der Waals surface area contributed by atoms with Crippen LogP contribution in [0.5, 0.6) is 0 Å². The molecule has 2 saturated heterocycles. The van der Waals surface area contributed by atoms with Crippen molar-refractivity contribution in [3.8, 4) is 0 Å². The first-order valence-corrected chi connectivity index (χ1v) is 7.83. The highest BCUT2D eigenvalue weighted by atomic mass is 16.5. The normalized spacial score (nSPS) is 25.3. The molecule has 1 atom stereocenters. The van der Waals surface area contributed by atoms with Crippen LogP contribution in [0.3, 0.4) is 0 Å². The van der Waals surface area contributed by atoms with Gasteiger partial charge in [-0.15, -0.1) is 0 Å². The van der Waals surface area contributed by atoms with E-state index in [4.69, 9.17) is 4.74 Å². The third-order valence-corrected chi connectivity index (χ3v) is 4.54. The van der Waals surface area contributed by atoms with Crippen molar-refractivity contribution >= 4 is 11.8 Å². The third-order valence-electron chi connectivity index (χ3n) is 4.54. The number of hydrogen-bond donors (Lipinski definition) is 0. The molecule has 0 saturated carbocycles. The Morgan fingerprint density at radius 2 is 1.82 bits per heavy atom. The maximum absolute atomic E-state index is 12.6. The lowest BCUT2D eigenvalue weighted by atomic mass is 9.90. The van der Waals surface area contributed by atoms with E-state index in [2.05, 4.69) is 0 Å². The van der Waals surface area contributed by atoms with Gasteiger partial charge in [-0.1, -0.05) is 18.2 Å². The molecule has 0 bridgehead atoms. The summed E-state index contributed by atoms with van der Waals surface area (Å²) < 4.78 is 6.02. The predicted octanol–water partition coefficient (Wildman–Crippen LogP) is 1.54. The number of hydrogen-bond acceptors (Lipinski definition) is 3. The zero-order valence-corrected chi connectivity index (χ0v) is 13.0. The van der Waals surface area contributed by atoms with Gasteiger partial charge in [0.15, 0.2) is 0 Å². The number of rotatable bonds is 1. The van der Waals surface area contributed by atoms with Gasteiger partial charge >= 0.3 is 0 Å². The van der Waals surface area contributed by atoms with Crippen molar-refractivity contribution in [3.63, 3.8) is 0 Å². The summed E-state index contributed by atoms with van der Waals surface area (Å²) in [6.07, 6.45) is 1.81. The van der Waals surface area contributed by atoms with Gasteiger partial charge in [-0.25, -0.2) is 0 Å². The van der Waals surface area contributed by atoms with Gasteiger partial charge in [0, 0.05) is 25.6 Å². The number of carbonyl (C=O) groups is 2. The van der Waals surface area contributed by atoms with Crippen LogP contribution in [0.25, 0.3) is 0 Å². The van der Waals surface area contributed by atoms with Gasteiger partial charge < -0.3 is 14.5 Å². The van der Waals surface area contributed by atoms with Gasteiger partial charge in [0.05, 0.1) is 19.7 Å². The Morgan fingerprint density at radius 3 is 2.55 bits per heavy atom. The molecule has 0 aromatic heterocycles. The molecular weight excluding hydrogens is 280 g/mol. The molecule has 2 amide bonds. The summed E-state index contributed by atoms with van der Waals surface area (Å²) >= 11 is 0. The summed E-state index contributed by atoms with van der Waals surface area (Å²) in [5.74, 6) is 0.123. The molecule has 1 aromatic carbocycles. The number of morpholine rings is 1. The van der Waals surface area contributed by atoms with E-state index in [1.165, 1.54) is 0 Å². The lowest BCUT2D eigenvalue weighted by molar-refractivity contribution is -0.157. The molecular formula is C17H22N2O3. The van der Waals surface area contributed by atoms with E-state index in [9.17, 15) is 9.59 Å². The number of amides is 2. The molecule has 0 N–H and O–H groups in total. The highest BCUT2D eigenvalue weighted by Crippen LogP contribution is 2.29. The first-order chi connectivity index (χ1) is 10.6. The first-order valence-electron chi connectivity index (χ1n) is 7.83. The van der Waals surface area contributed by atoms with Gasteiger partial charge in [0.1, 0.15) is 5.60 Å². The van der Waals surface area contributed by atoms with Gasteiger partial charge in [-0.2, -0.15) is 0 Å². The Morgan fingerprint density at radius 1 is 1.09 bits per heavy atom. The van der Waals surface area contributed by atoms with E-state index in [0.29, 0.717) is 31.8 Å². The fourth-order valence-corrected chi connectivity index (χ4v) is 3.40. The summed E-state index contributed by atoms with van der Waals surface area (Å²) in [6.45, 7) is 4.68. The summed E-state index contributed by atoms with van der Waals surface area (Å²) in [7, 11) is 0. The molecule has 2 heterocycles. The molecule has 1 aromatic rings. The van der Waals surface area contributed by atoms with Gasteiger partial charge in [-0.3, -0.25) is 9.59 Å². The van der Waals surface area contributed by atoms with Crippen LogP contribution in [-0.2, 0) is 9.53 Å². The van der Waals surface area contributed by atoms with Crippen LogP contribution in [-0.4, -0.2) is 60.0 Å². The lowest BCUT2D eigenvalue weighted by Crippen LogP contribution is -2.61. The highest BCUT2D eigenvalue weighted by Gasteiger charge is 2.42. The number of carbonyl (C=O) groups excluding carboxylic acids is 2. The number of likely N-dealkylation sites (tertiary alicyclic amines) is 1. The summed E-state index contributed by atoms with van der Waals surface area (Å²) in [6, 6.07) is 9.34. The van der Waals surface area contributed by atoms with Crippen LogP contribution in [0.2, 0.25) is 0 Å². The Kier molecular flexibility index (Phi) is 4.16. The SMILES string of the molecule is CC(=O)N1CCO[C@@]2(CCCN(C(=O)c3ccccc3)C2)C1. The van der Waals surface area contributed by atoms with Gasteiger partial charge in [0.2, 0.25) is 5.91 Å². The molecule has 22 heavy (non-hydrogen) atoms. The number of nitrogens with zero attached hydrogens (tertiary/aromatic N) is 2. The topological polar surface area (TPSA) is 49.9 Å².